The summed E-state index contributed by atoms with van der Waals surface area (Å²) in [4.78, 5) is 39.4. The molecule has 7 atom stereocenters. The number of ketones is 2. The molecule has 2 heterocycles. The topological polar surface area (TPSA) is 101 Å². The zero-order chi connectivity index (χ0) is 29.3. The molecular weight excluding hydrogens is 512 g/mol. The summed E-state index contributed by atoms with van der Waals surface area (Å²) in [6, 6.07) is 0. The summed E-state index contributed by atoms with van der Waals surface area (Å²) < 4.78 is 6.02. The molecule has 0 saturated heterocycles. The summed E-state index contributed by atoms with van der Waals surface area (Å²) in [6.07, 6.45) is 7.41. The van der Waals surface area contributed by atoms with Crippen LogP contribution in [0.5, 0.6) is 0 Å². The molecule has 0 aromatic carbocycles. The van der Waals surface area contributed by atoms with Crippen LogP contribution in [0.3, 0.4) is 0 Å². The van der Waals surface area contributed by atoms with Crippen molar-refractivity contribution < 1.29 is 29.3 Å². The number of thioether (sulfide) groups is 1. The Morgan fingerprint density at radius 2 is 1.87 bits per heavy atom. The molecule has 0 fully saturated rings. The van der Waals surface area contributed by atoms with E-state index in [1.807, 2.05) is 13.0 Å². The van der Waals surface area contributed by atoms with E-state index < -0.39 is 23.4 Å². The Morgan fingerprint density at radius 3 is 2.49 bits per heavy atom. The highest BCUT2D eigenvalue weighted by atomic mass is 32.2. The first kappa shape index (κ1) is 33.5. The number of hydrogen-bond donors (Lipinski definition) is 2. The van der Waals surface area contributed by atoms with Crippen molar-refractivity contribution in [3.05, 3.63) is 35.3 Å². The van der Waals surface area contributed by atoms with Crippen LogP contribution in [-0.2, 0) is 19.1 Å². The van der Waals surface area contributed by atoms with Gasteiger partial charge in [-0.1, -0.05) is 57.9 Å². The molecule has 0 aromatic rings. The number of carbonyl (C=O) groups is 3. The molecule has 2 N–H and O–H groups in total. The van der Waals surface area contributed by atoms with E-state index in [4.69, 9.17) is 4.74 Å². The van der Waals surface area contributed by atoms with Gasteiger partial charge in [-0.25, -0.2) is 0 Å². The fourth-order valence-corrected chi connectivity index (χ4v) is 6.57. The highest BCUT2D eigenvalue weighted by Gasteiger charge is 2.42. The molecular formula is C32H50O6S. The van der Waals surface area contributed by atoms with Crippen molar-refractivity contribution in [1.29, 1.82) is 0 Å². The van der Waals surface area contributed by atoms with Gasteiger partial charge in [-0.2, -0.15) is 0 Å². The second-order valence-electron chi connectivity index (χ2n) is 12.3. The Labute approximate surface area is 239 Å². The second-order valence-corrected chi connectivity index (χ2v) is 13.5. The molecule has 6 unspecified atom stereocenters. The number of esters is 1. The standard InChI is InChI=1S/C32H50O6S/c1-8-10-24-12-9-11-20(2)30(36)23(5)31(37)32(6,7)28(34)17-29(35)38-27(14-13-24)22(4)21(3)15-25-16-26(18-33)39-19-25/h8,13,19-23,26-28,33-34H,1,9-12,14-18H2,2-7H3/b24-13-/t20?,21?,22?,23-,26?,27?,28?/m1/s1. The third-order valence-corrected chi connectivity index (χ3v) is 9.96. The van der Waals surface area contributed by atoms with E-state index in [-0.39, 0.29) is 53.7 Å². The van der Waals surface area contributed by atoms with Crippen molar-refractivity contribution in [3.8, 4) is 0 Å². The summed E-state index contributed by atoms with van der Waals surface area (Å²) >= 11 is 1.68. The Bertz CT molecular complexity index is 935. The molecule has 0 bridgehead atoms. The largest absolute Gasteiger partial charge is 0.462 e. The monoisotopic (exact) mass is 562 g/mol. The molecule has 2 aliphatic heterocycles. The van der Waals surface area contributed by atoms with Crippen LogP contribution in [0.15, 0.2) is 35.3 Å². The van der Waals surface area contributed by atoms with Crippen molar-refractivity contribution in [2.75, 3.05) is 6.61 Å². The Hall–Kier alpha value is -1.70. The molecule has 0 aliphatic carbocycles. The van der Waals surface area contributed by atoms with Crippen LogP contribution in [0, 0.1) is 29.1 Å². The van der Waals surface area contributed by atoms with E-state index >= 15 is 0 Å². The van der Waals surface area contributed by atoms with Gasteiger partial charge < -0.3 is 14.9 Å². The van der Waals surface area contributed by atoms with Crippen molar-refractivity contribution in [3.63, 3.8) is 0 Å². The van der Waals surface area contributed by atoms with Gasteiger partial charge in [0.25, 0.3) is 0 Å². The van der Waals surface area contributed by atoms with Gasteiger partial charge >= 0.3 is 5.97 Å². The number of cyclic esters (lactones) is 1. The third-order valence-electron chi connectivity index (χ3n) is 8.79. The highest BCUT2D eigenvalue weighted by molar-refractivity contribution is 8.03. The zero-order valence-electron chi connectivity index (χ0n) is 24.8. The molecule has 220 valence electrons. The van der Waals surface area contributed by atoms with Crippen molar-refractivity contribution in [1.82, 2.24) is 0 Å². The minimum absolute atomic E-state index is 0.0533. The lowest BCUT2D eigenvalue weighted by Crippen LogP contribution is -2.44. The number of carbonyl (C=O) groups excluding carboxylic acids is 3. The third kappa shape index (κ3) is 9.43. The summed E-state index contributed by atoms with van der Waals surface area (Å²) in [6.45, 7) is 15.0. The van der Waals surface area contributed by atoms with Crippen molar-refractivity contribution in [2.45, 2.75) is 110 Å². The Morgan fingerprint density at radius 1 is 1.18 bits per heavy atom. The van der Waals surface area contributed by atoms with E-state index in [1.165, 1.54) is 11.1 Å². The van der Waals surface area contributed by atoms with E-state index in [0.717, 1.165) is 32.1 Å². The molecule has 0 spiro atoms. The van der Waals surface area contributed by atoms with Crippen LogP contribution >= 0.6 is 11.8 Å². The Balaban J connectivity index is 2.31. The summed E-state index contributed by atoms with van der Waals surface area (Å²) in [5, 5.41) is 22.8. The number of aliphatic hydroxyl groups excluding tert-OH is 2. The van der Waals surface area contributed by atoms with Crippen LogP contribution in [0.1, 0.15) is 92.9 Å². The lowest BCUT2D eigenvalue weighted by Gasteiger charge is -2.33. The van der Waals surface area contributed by atoms with E-state index in [0.29, 0.717) is 12.8 Å². The maximum absolute atomic E-state index is 13.3. The van der Waals surface area contributed by atoms with Crippen LogP contribution in [0.2, 0.25) is 0 Å². The summed E-state index contributed by atoms with van der Waals surface area (Å²) in [5.74, 6) is -1.82. The molecule has 6 nitrogen and oxygen atoms in total. The molecule has 0 radical (unpaired) electrons. The number of hydrogen-bond acceptors (Lipinski definition) is 7. The second kappa shape index (κ2) is 15.3. The average molecular weight is 563 g/mol. The SMILES string of the molecule is C=CC/C1=C/CC(C(C)C(C)CC2=CSC(CO)C2)OC(=O)CC(O)C(C)(C)C(=O)[C@H](C)C(=O)C(C)CCC1. The van der Waals surface area contributed by atoms with Gasteiger partial charge in [-0.3, -0.25) is 14.4 Å². The first-order chi connectivity index (χ1) is 18.3. The molecule has 2 rings (SSSR count). The summed E-state index contributed by atoms with van der Waals surface area (Å²) in [7, 11) is 0. The van der Waals surface area contributed by atoms with Gasteiger partial charge in [0.2, 0.25) is 0 Å². The number of ether oxygens (including phenoxy) is 1. The van der Waals surface area contributed by atoms with Gasteiger partial charge in [0.15, 0.2) is 5.78 Å². The predicted octanol–water partition coefficient (Wildman–Crippen LogP) is 6.21. The fourth-order valence-electron chi connectivity index (χ4n) is 5.60. The normalized spacial score (nSPS) is 32.5. The first-order valence-electron chi connectivity index (χ1n) is 14.5. The fraction of sp³-hybridized carbons (Fsp3) is 0.719. The minimum atomic E-state index is -1.26. The van der Waals surface area contributed by atoms with Crippen LogP contribution in [0.25, 0.3) is 0 Å². The smallest absolute Gasteiger partial charge is 0.308 e. The van der Waals surface area contributed by atoms with E-state index in [2.05, 4.69) is 31.9 Å². The van der Waals surface area contributed by atoms with Crippen LogP contribution < -0.4 is 0 Å². The highest BCUT2D eigenvalue weighted by Crippen LogP contribution is 2.37. The number of Topliss-reactive ketones (excluding diaryl/α,β-unsaturated/α-hetero) is 2. The van der Waals surface area contributed by atoms with Crippen molar-refractivity contribution >= 4 is 29.3 Å². The molecule has 2 aliphatic rings. The van der Waals surface area contributed by atoms with Gasteiger partial charge in [0.05, 0.1) is 30.5 Å². The minimum Gasteiger partial charge on any atom is -0.462 e. The molecule has 7 heteroatoms. The van der Waals surface area contributed by atoms with E-state index in [9.17, 15) is 24.6 Å². The molecule has 0 saturated carbocycles. The molecule has 0 amide bonds. The van der Waals surface area contributed by atoms with Gasteiger partial charge in [-0.15, -0.1) is 18.3 Å². The van der Waals surface area contributed by atoms with Gasteiger partial charge in [0.1, 0.15) is 11.9 Å². The van der Waals surface area contributed by atoms with Crippen molar-refractivity contribution in [2.24, 2.45) is 29.1 Å². The quantitative estimate of drug-likeness (QED) is 0.216. The predicted molar refractivity (Wildman–Crippen MR) is 158 cm³/mol. The first-order valence-corrected chi connectivity index (χ1v) is 15.4. The number of aliphatic hydroxyl groups is 2. The maximum Gasteiger partial charge on any atom is 0.308 e. The number of allylic oxidation sites excluding steroid dienone is 3. The van der Waals surface area contributed by atoms with E-state index in [1.54, 1.807) is 32.5 Å². The van der Waals surface area contributed by atoms with Crippen LogP contribution in [0.4, 0.5) is 0 Å². The lowest BCUT2D eigenvalue weighted by molar-refractivity contribution is -0.158. The molecule has 39 heavy (non-hydrogen) atoms. The lowest BCUT2D eigenvalue weighted by atomic mass is 9.73. The zero-order valence-corrected chi connectivity index (χ0v) is 25.6. The molecule has 0 aromatic heterocycles. The maximum atomic E-state index is 13.3. The van der Waals surface area contributed by atoms with Gasteiger partial charge in [-0.05, 0) is 62.7 Å². The van der Waals surface area contributed by atoms with Crippen LogP contribution in [-0.4, -0.2) is 51.8 Å². The Kier molecular flexibility index (Phi) is 13.2. The average Bonchev–Trinajstić information content (AvgIpc) is 3.35. The van der Waals surface area contributed by atoms with Gasteiger partial charge in [0, 0.05) is 17.6 Å². The number of rotatable bonds is 7. The summed E-state index contributed by atoms with van der Waals surface area (Å²) in [5.41, 5.74) is 1.25.